The maximum Gasteiger partial charge on any atom is 0.250 e. The van der Waals surface area contributed by atoms with Gasteiger partial charge in [-0.05, 0) is 24.8 Å². The van der Waals surface area contributed by atoms with Gasteiger partial charge in [-0.25, -0.2) is 4.98 Å². The molecule has 0 saturated carbocycles. The fraction of sp³-hybridized carbons (Fsp3) is 0.600. The molecule has 0 spiro atoms. The van der Waals surface area contributed by atoms with Crippen molar-refractivity contribution in [2.45, 2.75) is 44.6 Å². The fourth-order valence-electron chi connectivity index (χ4n) is 4.88. The molecule has 1 saturated heterocycles. The van der Waals surface area contributed by atoms with Crippen molar-refractivity contribution in [3.05, 3.63) is 52.5 Å². The lowest BCUT2D eigenvalue weighted by Crippen LogP contribution is -2.49. The second-order valence-electron chi connectivity index (χ2n) is 7.67. The Kier molecular flexibility index (Phi) is 4.50. The lowest BCUT2D eigenvalue weighted by molar-refractivity contribution is 0.0870. The summed E-state index contributed by atoms with van der Waals surface area (Å²) in [6.45, 7) is 5.44. The van der Waals surface area contributed by atoms with E-state index in [2.05, 4.69) is 39.1 Å². The van der Waals surface area contributed by atoms with Crippen LogP contribution < -0.4 is 5.56 Å². The minimum Gasteiger partial charge on any atom is -0.338 e. The Balaban J connectivity index is 1.56. The largest absolute Gasteiger partial charge is 0.338 e. The summed E-state index contributed by atoms with van der Waals surface area (Å²) in [5.74, 6) is 2.23. The van der Waals surface area contributed by atoms with Crippen molar-refractivity contribution in [2.24, 2.45) is 13.0 Å². The van der Waals surface area contributed by atoms with Crippen LogP contribution in [0.5, 0.6) is 0 Å². The average Bonchev–Trinajstić information content (AvgIpc) is 3.02. The van der Waals surface area contributed by atoms with Gasteiger partial charge in [-0.3, -0.25) is 4.79 Å². The van der Waals surface area contributed by atoms with E-state index in [-0.39, 0.29) is 5.56 Å². The number of hydrogen-bond donors (Lipinski definition) is 0. The summed E-state index contributed by atoms with van der Waals surface area (Å²) >= 11 is 0. The molecule has 0 N–H and O–H groups in total. The summed E-state index contributed by atoms with van der Waals surface area (Å²) < 4.78 is 4.23. The van der Waals surface area contributed by atoms with Gasteiger partial charge in [-0.15, -0.1) is 0 Å². The number of piperidine rings is 1. The predicted octanol–water partition coefficient (Wildman–Crippen LogP) is 2.58. The molecule has 1 fully saturated rings. The zero-order chi connectivity index (χ0) is 17.4. The van der Waals surface area contributed by atoms with Crippen LogP contribution in [-0.2, 0) is 13.5 Å². The second kappa shape index (κ2) is 6.79. The van der Waals surface area contributed by atoms with Gasteiger partial charge in [0.25, 0.3) is 5.56 Å². The van der Waals surface area contributed by atoms with E-state index in [4.69, 9.17) is 0 Å². The van der Waals surface area contributed by atoms with E-state index in [9.17, 15) is 4.79 Å². The summed E-state index contributed by atoms with van der Waals surface area (Å²) in [4.78, 5) is 19.6. The van der Waals surface area contributed by atoms with Crippen molar-refractivity contribution >= 4 is 0 Å². The van der Waals surface area contributed by atoms with Crippen LogP contribution >= 0.6 is 0 Å². The van der Waals surface area contributed by atoms with Crippen LogP contribution in [0.4, 0.5) is 0 Å². The van der Waals surface area contributed by atoms with Gasteiger partial charge in [0.2, 0.25) is 0 Å². The Morgan fingerprint density at radius 3 is 2.92 bits per heavy atom. The molecule has 134 valence electrons. The summed E-state index contributed by atoms with van der Waals surface area (Å²) in [6, 6.07) is 6.20. The van der Waals surface area contributed by atoms with Crippen LogP contribution in [0.2, 0.25) is 0 Å². The van der Waals surface area contributed by atoms with E-state index in [1.54, 1.807) is 6.07 Å². The van der Waals surface area contributed by atoms with E-state index < -0.39 is 0 Å². The van der Waals surface area contributed by atoms with Crippen LogP contribution in [0.1, 0.15) is 49.7 Å². The molecule has 3 atom stereocenters. The number of aromatic nitrogens is 3. The number of likely N-dealkylation sites (tertiary alicyclic amines) is 1. The average molecular weight is 340 g/mol. The Hall–Kier alpha value is -1.88. The zero-order valence-corrected chi connectivity index (χ0v) is 15.3. The van der Waals surface area contributed by atoms with Gasteiger partial charge in [0, 0.05) is 69.2 Å². The lowest BCUT2D eigenvalue weighted by atomic mass is 9.77. The van der Waals surface area contributed by atoms with Crippen LogP contribution in [0.15, 0.2) is 35.4 Å². The first-order chi connectivity index (χ1) is 12.2. The van der Waals surface area contributed by atoms with E-state index in [1.807, 2.05) is 18.5 Å². The molecule has 4 heterocycles. The molecule has 5 heteroatoms. The maximum absolute atomic E-state index is 12.5. The molecular formula is C20H28N4O. The van der Waals surface area contributed by atoms with Crippen LogP contribution in [0.3, 0.4) is 0 Å². The minimum absolute atomic E-state index is 0.187. The topological polar surface area (TPSA) is 43.1 Å². The molecule has 2 bridgehead atoms. The van der Waals surface area contributed by atoms with Crippen molar-refractivity contribution in [1.82, 2.24) is 19.0 Å². The normalized spacial score (nSPS) is 25.8. The summed E-state index contributed by atoms with van der Waals surface area (Å²) in [5.41, 5.74) is 1.44. The first-order valence-electron chi connectivity index (χ1n) is 9.57. The van der Waals surface area contributed by atoms with Gasteiger partial charge < -0.3 is 14.0 Å². The number of nitrogens with zero attached hydrogens (tertiary/aromatic N) is 4. The maximum atomic E-state index is 12.5. The molecule has 0 aliphatic carbocycles. The van der Waals surface area contributed by atoms with Crippen LogP contribution in [0.25, 0.3) is 0 Å². The fourth-order valence-corrected chi connectivity index (χ4v) is 4.88. The third-order valence-electron chi connectivity index (χ3n) is 6.03. The standard InChI is InChI=1S/C20H28N4O/c1-3-5-17-15-12-16(18-6-4-7-20(25)24(17)18)14-23(13-15)10-8-19-21-9-11-22(19)2/h4,6-7,9,11,15-17H,3,5,8,10,12-14H2,1-2H3/t15-,16+,17-/m0/s1. The number of hydrogen-bond acceptors (Lipinski definition) is 3. The molecule has 5 nitrogen and oxygen atoms in total. The second-order valence-corrected chi connectivity index (χ2v) is 7.67. The highest BCUT2D eigenvalue weighted by atomic mass is 16.1. The number of imidazole rings is 1. The van der Waals surface area contributed by atoms with Gasteiger partial charge in [0.15, 0.2) is 0 Å². The first-order valence-corrected chi connectivity index (χ1v) is 9.57. The molecular weight excluding hydrogens is 312 g/mol. The summed E-state index contributed by atoms with van der Waals surface area (Å²) in [5, 5.41) is 0. The highest BCUT2D eigenvalue weighted by Gasteiger charge is 2.39. The van der Waals surface area contributed by atoms with Crippen molar-refractivity contribution in [3.8, 4) is 0 Å². The quantitative estimate of drug-likeness (QED) is 0.840. The molecule has 4 rings (SSSR count). The number of aryl methyl sites for hydroxylation is 1. The minimum atomic E-state index is 0.187. The molecule has 2 aliphatic heterocycles. The smallest absolute Gasteiger partial charge is 0.250 e. The van der Waals surface area contributed by atoms with Gasteiger partial charge in [-0.2, -0.15) is 0 Å². The van der Waals surface area contributed by atoms with E-state index in [0.29, 0.717) is 17.9 Å². The van der Waals surface area contributed by atoms with Crippen molar-refractivity contribution in [2.75, 3.05) is 19.6 Å². The van der Waals surface area contributed by atoms with Gasteiger partial charge in [-0.1, -0.05) is 19.4 Å². The number of rotatable bonds is 5. The summed E-state index contributed by atoms with van der Waals surface area (Å²) in [7, 11) is 2.06. The highest BCUT2D eigenvalue weighted by molar-refractivity contribution is 5.19. The molecule has 0 aromatic carbocycles. The predicted molar refractivity (Wildman–Crippen MR) is 98.8 cm³/mol. The van der Waals surface area contributed by atoms with Gasteiger partial charge in [0.1, 0.15) is 5.82 Å². The van der Waals surface area contributed by atoms with Crippen molar-refractivity contribution in [3.63, 3.8) is 0 Å². The van der Waals surface area contributed by atoms with Crippen LogP contribution in [0, 0.1) is 5.92 Å². The van der Waals surface area contributed by atoms with Crippen molar-refractivity contribution < 1.29 is 0 Å². The number of fused-ring (bicyclic) bond motifs is 4. The molecule has 0 amide bonds. The third kappa shape index (κ3) is 3.06. The molecule has 2 aromatic heterocycles. The molecule has 25 heavy (non-hydrogen) atoms. The van der Waals surface area contributed by atoms with Crippen LogP contribution in [-0.4, -0.2) is 38.7 Å². The summed E-state index contributed by atoms with van der Waals surface area (Å²) in [6.07, 6.45) is 8.33. The molecule has 2 aliphatic rings. The molecule has 2 aromatic rings. The third-order valence-corrected chi connectivity index (χ3v) is 6.03. The lowest BCUT2D eigenvalue weighted by Gasteiger charge is -2.47. The monoisotopic (exact) mass is 340 g/mol. The molecule has 0 radical (unpaired) electrons. The first kappa shape index (κ1) is 16.6. The Bertz CT molecular complexity index is 793. The van der Waals surface area contributed by atoms with Crippen molar-refractivity contribution in [1.29, 1.82) is 0 Å². The Morgan fingerprint density at radius 2 is 2.16 bits per heavy atom. The SMILES string of the molecule is CCC[C@H]1[C@H]2C[C@H](CN(CCc3nccn3C)C2)c2cccc(=O)n21. The Labute approximate surface area is 149 Å². The zero-order valence-electron chi connectivity index (χ0n) is 15.3. The highest BCUT2D eigenvalue weighted by Crippen LogP contribution is 2.42. The van der Waals surface area contributed by atoms with Gasteiger partial charge in [0.05, 0.1) is 0 Å². The molecule has 0 unspecified atom stereocenters. The van der Waals surface area contributed by atoms with E-state index in [0.717, 1.165) is 44.7 Å². The van der Waals surface area contributed by atoms with Gasteiger partial charge >= 0.3 is 0 Å². The van der Waals surface area contributed by atoms with E-state index >= 15 is 0 Å². The number of pyridine rings is 1. The Morgan fingerprint density at radius 1 is 1.28 bits per heavy atom. The van der Waals surface area contributed by atoms with E-state index in [1.165, 1.54) is 12.1 Å².